The molecule has 0 fully saturated rings. The van der Waals surface area contributed by atoms with Crippen LogP contribution in [0, 0.1) is 0 Å². The normalized spacial score (nSPS) is 11.4. The molecule has 0 bridgehead atoms. The van der Waals surface area contributed by atoms with Gasteiger partial charge in [-0.3, -0.25) is 4.79 Å². The summed E-state index contributed by atoms with van der Waals surface area (Å²) in [4.78, 5) is 14.4. The summed E-state index contributed by atoms with van der Waals surface area (Å²) in [5.74, 6) is 0.0974. The number of alkyl halides is 3. The number of nitrogens with zero attached hydrogens (tertiary/aromatic N) is 3. The fourth-order valence-electron chi connectivity index (χ4n) is 2.84. The smallest absolute Gasteiger partial charge is 0.362 e. The molecule has 5 nitrogen and oxygen atoms in total. The van der Waals surface area contributed by atoms with Gasteiger partial charge in [0.1, 0.15) is 11.4 Å². The Morgan fingerprint density at radius 3 is 2.48 bits per heavy atom. The molecule has 0 aliphatic heterocycles. The van der Waals surface area contributed by atoms with Crippen molar-refractivity contribution >= 4 is 23.3 Å². The maximum absolute atomic E-state index is 12.9. The van der Waals surface area contributed by atoms with Crippen molar-refractivity contribution in [3.63, 3.8) is 0 Å². The first kappa shape index (κ1) is 20.7. The largest absolute Gasteiger partial charge is 0.416 e. The molecule has 0 unspecified atom stereocenters. The molecule has 0 aliphatic rings. The first-order chi connectivity index (χ1) is 13.7. The van der Waals surface area contributed by atoms with Crippen molar-refractivity contribution in [1.82, 2.24) is 15.1 Å². The minimum absolute atomic E-state index is 0.0399. The Balaban J connectivity index is 1.82. The number of nitrogens with one attached hydrogen (secondary N) is 1. The van der Waals surface area contributed by atoms with Gasteiger partial charge >= 0.3 is 6.18 Å². The summed E-state index contributed by atoms with van der Waals surface area (Å²) in [6.45, 7) is -0.0399. The van der Waals surface area contributed by atoms with E-state index in [9.17, 15) is 18.0 Å². The Hall–Kier alpha value is -3.00. The van der Waals surface area contributed by atoms with Gasteiger partial charge in [-0.05, 0) is 42.0 Å². The monoisotopic (exact) mass is 422 g/mol. The molecule has 29 heavy (non-hydrogen) atoms. The van der Waals surface area contributed by atoms with Crippen LogP contribution in [0.4, 0.5) is 19.0 Å². The Morgan fingerprint density at radius 1 is 1.17 bits per heavy atom. The maximum Gasteiger partial charge on any atom is 0.416 e. The number of hydrogen-bond acceptors (Lipinski definition) is 3. The highest BCUT2D eigenvalue weighted by Gasteiger charge is 2.30. The average Bonchev–Trinajstić information content (AvgIpc) is 3.12. The SMILES string of the molecule is CN(C)c1c(C(=O)NCc2cccc(C(F)(F)F)c2)cnn1-c1ccc(Cl)cc1. The molecular formula is C20H18ClF3N4O. The minimum Gasteiger partial charge on any atom is -0.362 e. The molecule has 1 aromatic heterocycles. The van der Waals surface area contributed by atoms with E-state index in [2.05, 4.69) is 10.4 Å². The summed E-state index contributed by atoms with van der Waals surface area (Å²) in [6, 6.07) is 11.8. The van der Waals surface area contributed by atoms with Gasteiger partial charge in [-0.2, -0.15) is 18.3 Å². The molecule has 1 N–H and O–H groups in total. The van der Waals surface area contributed by atoms with Gasteiger partial charge in [-0.1, -0.05) is 23.7 Å². The van der Waals surface area contributed by atoms with Crippen LogP contribution in [0.2, 0.25) is 5.02 Å². The lowest BCUT2D eigenvalue weighted by Crippen LogP contribution is -2.25. The van der Waals surface area contributed by atoms with E-state index >= 15 is 0 Å². The van der Waals surface area contributed by atoms with Crippen LogP contribution in [0.25, 0.3) is 5.69 Å². The highest BCUT2D eigenvalue weighted by molar-refractivity contribution is 6.30. The summed E-state index contributed by atoms with van der Waals surface area (Å²) in [5.41, 5.74) is 0.616. The van der Waals surface area contributed by atoms with Crippen molar-refractivity contribution in [3.8, 4) is 5.69 Å². The van der Waals surface area contributed by atoms with Crippen LogP contribution in [-0.2, 0) is 12.7 Å². The molecule has 0 saturated heterocycles. The van der Waals surface area contributed by atoms with Gasteiger partial charge in [-0.15, -0.1) is 0 Å². The van der Waals surface area contributed by atoms with Gasteiger partial charge < -0.3 is 10.2 Å². The molecule has 0 aliphatic carbocycles. The lowest BCUT2D eigenvalue weighted by Gasteiger charge is -2.17. The molecule has 152 valence electrons. The second-order valence-corrected chi connectivity index (χ2v) is 6.98. The van der Waals surface area contributed by atoms with Crippen molar-refractivity contribution in [2.45, 2.75) is 12.7 Å². The summed E-state index contributed by atoms with van der Waals surface area (Å²) in [5, 5.41) is 7.51. The quantitative estimate of drug-likeness (QED) is 0.656. The molecular weight excluding hydrogens is 405 g/mol. The summed E-state index contributed by atoms with van der Waals surface area (Å²) < 4.78 is 40.1. The highest BCUT2D eigenvalue weighted by Crippen LogP contribution is 2.29. The molecule has 0 spiro atoms. The molecule has 9 heteroatoms. The molecule has 3 aromatic rings. The van der Waals surface area contributed by atoms with Gasteiger partial charge in [0.05, 0.1) is 17.4 Å². The van der Waals surface area contributed by atoms with Gasteiger partial charge in [0.2, 0.25) is 0 Å². The molecule has 1 amide bonds. The third-order valence-electron chi connectivity index (χ3n) is 4.19. The summed E-state index contributed by atoms with van der Waals surface area (Å²) >= 11 is 5.92. The van der Waals surface area contributed by atoms with Crippen LogP contribution >= 0.6 is 11.6 Å². The van der Waals surface area contributed by atoms with Crippen LogP contribution in [-0.4, -0.2) is 29.8 Å². The molecule has 0 atom stereocenters. The van der Waals surface area contributed by atoms with Crippen molar-refractivity contribution in [3.05, 3.63) is 76.4 Å². The first-order valence-electron chi connectivity index (χ1n) is 8.62. The van der Waals surface area contributed by atoms with Crippen LogP contribution in [0.5, 0.6) is 0 Å². The number of anilines is 1. The number of aromatic nitrogens is 2. The van der Waals surface area contributed by atoms with Crippen LogP contribution in [0.1, 0.15) is 21.5 Å². The zero-order chi connectivity index (χ0) is 21.2. The fraction of sp³-hybridized carbons (Fsp3) is 0.200. The van der Waals surface area contributed by atoms with Crippen molar-refractivity contribution in [2.75, 3.05) is 19.0 Å². The van der Waals surface area contributed by atoms with Crippen LogP contribution < -0.4 is 10.2 Å². The van der Waals surface area contributed by atoms with E-state index in [1.54, 1.807) is 47.9 Å². The summed E-state index contributed by atoms with van der Waals surface area (Å²) in [6.07, 6.45) is -3.01. The van der Waals surface area contributed by atoms with E-state index in [0.29, 0.717) is 22.0 Å². The predicted molar refractivity (Wildman–Crippen MR) is 106 cm³/mol. The second-order valence-electron chi connectivity index (χ2n) is 6.55. The van der Waals surface area contributed by atoms with Crippen molar-refractivity contribution in [1.29, 1.82) is 0 Å². The molecule has 2 aromatic carbocycles. The van der Waals surface area contributed by atoms with Gasteiger partial charge in [0.15, 0.2) is 0 Å². The molecule has 1 heterocycles. The lowest BCUT2D eigenvalue weighted by molar-refractivity contribution is -0.137. The second kappa shape index (κ2) is 8.16. The zero-order valence-corrected chi connectivity index (χ0v) is 16.4. The Bertz CT molecular complexity index is 1010. The number of carbonyl (C=O) groups is 1. The van der Waals surface area contributed by atoms with Crippen LogP contribution in [0.15, 0.2) is 54.7 Å². The van der Waals surface area contributed by atoms with E-state index in [0.717, 1.165) is 17.8 Å². The highest BCUT2D eigenvalue weighted by atomic mass is 35.5. The molecule has 3 rings (SSSR count). The summed E-state index contributed by atoms with van der Waals surface area (Å²) in [7, 11) is 3.54. The van der Waals surface area contributed by atoms with Gasteiger partial charge in [0.25, 0.3) is 5.91 Å². The third-order valence-corrected chi connectivity index (χ3v) is 4.44. The van der Waals surface area contributed by atoms with E-state index < -0.39 is 17.6 Å². The third kappa shape index (κ3) is 4.71. The number of hydrogen-bond donors (Lipinski definition) is 1. The topological polar surface area (TPSA) is 50.2 Å². The Kier molecular flexibility index (Phi) is 5.83. The number of rotatable bonds is 5. The molecule has 0 saturated carbocycles. The van der Waals surface area contributed by atoms with Gasteiger partial charge in [0, 0.05) is 25.7 Å². The van der Waals surface area contributed by atoms with E-state index in [1.807, 2.05) is 0 Å². The van der Waals surface area contributed by atoms with E-state index in [-0.39, 0.29) is 6.54 Å². The maximum atomic E-state index is 12.9. The lowest BCUT2D eigenvalue weighted by atomic mass is 10.1. The fourth-order valence-corrected chi connectivity index (χ4v) is 2.96. The minimum atomic E-state index is -4.43. The zero-order valence-electron chi connectivity index (χ0n) is 15.7. The number of halogens is 4. The standard InChI is InChI=1S/C20H18ClF3N4O/c1-27(2)19-17(12-26-28(19)16-8-6-15(21)7-9-16)18(29)25-11-13-4-3-5-14(10-13)20(22,23)24/h3-10,12H,11H2,1-2H3,(H,25,29). The Labute approximate surface area is 170 Å². The van der Waals surface area contributed by atoms with E-state index in [4.69, 9.17) is 11.6 Å². The average molecular weight is 423 g/mol. The Morgan fingerprint density at radius 2 is 1.86 bits per heavy atom. The van der Waals surface area contributed by atoms with Crippen molar-refractivity contribution in [2.24, 2.45) is 0 Å². The predicted octanol–water partition coefficient (Wildman–Crippen LogP) is 4.54. The number of amides is 1. The first-order valence-corrected chi connectivity index (χ1v) is 9.00. The number of benzene rings is 2. The van der Waals surface area contributed by atoms with Gasteiger partial charge in [-0.25, -0.2) is 4.68 Å². The van der Waals surface area contributed by atoms with E-state index in [1.165, 1.54) is 18.3 Å². The van der Waals surface area contributed by atoms with Crippen molar-refractivity contribution < 1.29 is 18.0 Å². The molecule has 0 radical (unpaired) electrons. The van der Waals surface area contributed by atoms with Crippen LogP contribution in [0.3, 0.4) is 0 Å². The number of carbonyl (C=O) groups excluding carboxylic acids is 1.